The maximum absolute atomic E-state index is 3.75. The van der Waals surface area contributed by atoms with Gasteiger partial charge in [-0.15, -0.1) is 6.58 Å². The van der Waals surface area contributed by atoms with Gasteiger partial charge in [0.15, 0.2) is 0 Å². The molecule has 14 heavy (non-hydrogen) atoms. The van der Waals surface area contributed by atoms with Crippen molar-refractivity contribution >= 4 is 0 Å². The summed E-state index contributed by atoms with van der Waals surface area (Å²) in [7, 11) is 0. The molecule has 0 aliphatic rings. The Hall–Kier alpha value is -1.30. The van der Waals surface area contributed by atoms with Crippen molar-refractivity contribution in [3.63, 3.8) is 0 Å². The van der Waals surface area contributed by atoms with Crippen molar-refractivity contribution in [2.75, 3.05) is 0 Å². The molecule has 0 radical (unpaired) electrons. The Morgan fingerprint density at radius 1 is 1.14 bits per heavy atom. The van der Waals surface area contributed by atoms with Crippen molar-refractivity contribution in [2.24, 2.45) is 0 Å². The molecule has 0 aliphatic heterocycles. The molecule has 0 atom stereocenters. The van der Waals surface area contributed by atoms with E-state index in [0.717, 1.165) is 18.4 Å². The van der Waals surface area contributed by atoms with E-state index in [1.807, 2.05) is 18.2 Å². The lowest BCUT2D eigenvalue weighted by atomic mass is 10.0. The maximum atomic E-state index is 3.75. The minimum Gasteiger partial charge on any atom is -0.103 e. The van der Waals surface area contributed by atoms with Crippen LogP contribution in [0.3, 0.4) is 0 Å². The van der Waals surface area contributed by atoms with Gasteiger partial charge >= 0.3 is 0 Å². The first-order chi connectivity index (χ1) is 6.69. The fourth-order valence-electron chi connectivity index (χ4n) is 1.29. The van der Waals surface area contributed by atoms with Crippen LogP contribution in [0.5, 0.6) is 0 Å². The highest BCUT2D eigenvalue weighted by molar-refractivity contribution is 5.39. The Morgan fingerprint density at radius 2 is 1.71 bits per heavy atom. The summed E-state index contributed by atoms with van der Waals surface area (Å²) in [6.45, 7) is 15.5. The van der Waals surface area contributed by atoms with E-state index in [1.165, 1.54) is 11.1 Å². The van der Waals surface area contributed by atoms with Crippen LogP contribution in [-0.2, 0) is 0 Å². The average Bonchev–Trinajstić information content (AvgIpc) is 2.19. The fourth-order valence-corrected chi connectivity index (χ4v) is 1.29. The first-order valence-corrected chi connectivity index (χ1v) is 4.95. The predicted molar refractivity (Wildman–Crippen MR) is 66.3 cm³/mol. The van der Waals surface area contributed by atoms with Crippen LogP contribution < -0.4 is 0 Å². The molecule has 0 heterocycles. The SMILES string of the molecule is C=CCC(=CC(C)=C(C=C)C=C)CC. The number of allylic oxidation sites excluding steroid dienone is 7. The quantitative estimate of drug-likeness (QED) is 0.422. The summed E-state index contributed by atoms with van der Waals surface area (Å²) in [6, 6.07) is 0. The van der Waals surface area contributed by atoms with Gasteiger partial charge in [-0.05, 0) is 30.9 Å². The minimum atomic E-state index is 0.954. The molecule has 0 nitrogen and oxygen atoms in total. The lowest BCUT2D eigenvalue weighted by Gasteiger charge is -2.03. The molecule has 0 fully saturated rings. The molecule has 0 aromatic heterocycles. The zero-order valence-corrected chi connectivity index (χ0v) is 9.34. The zero-order valence-electron chi connectivity index (χ0n) is 9.34. The van der Waals surface area contributed by atoms with E-state index >= 15 is 0 Å². The van der Waals surface area contributed by atoms with E-state index in [2.05, 4.69) is 39.7 Å². The second-order valence-corrected chi connectivity index (χ2v) is 3.20. The second-order valence-electron chi connectivity index (χ2n) is 3.20. The van der Waals surface area contributed by atoms with E-state index in [0.29, 0.717) is 0 Å². The van der Waals surface area contributed by atoms with Gasteiger partial charge in [-0.2, -0.15) is 0 Å². The van der Waals surface area contributed by atoms with Gasteiger partial charge in [0.05, 0.1) is 0 Å². The molecule has 0 unspecified atom stereocenters. The van der Waals surface area contributed by atoms with Crippen molar-refractivity contribution in [2.45, 2.75) is 26.7 Å². The van der Waals surface area contributed by atoms with E-state index < -0.39 is 0 Å². The van der Waals surface area contributed by atoms with Gasteiger partial charge in [-0.3, -0.25) is 0 Å². The summed E-state index contributed by atoms with van der Waals surface area (Å²) < 4.78 is 0. The topological polar surface area (TPSA) is 0 Å². The number of hydrogen-bond donors (Lipinski definition) is 0. The third-order valence-corrected chi connectivity index (χ3v) is 2.18. The van der Waals surface area contributed by atoms with Crippen LogP contribution in [0.1, 0.15) is 26.7 Å². The lowest BCUT2D eigenvalue weighted by molar-refractivity contribution is 1.03. The van der Waals surface area contributed by atoms with Gasteiger partial charge in [0.2, 0.25) is 0 Å². The number of hydrogen-bond acceptors (Lipinski definition) is 0. The molecular formula is C14H20. The van der Waals surface area contributed by atoms with Crippen molar-refractivity contribution in [1.29, 1.82) is 0 Å². The van der Waals surface area contributed by atoms with E-state index in [9.17, 15) is 0 Å². The molecule has 76 valence electrons. The summed E-state index contributed by atoms with van der Waals surface area (Å²) >= 11 is 0. The van der Waals surface area contributed by atoms with Gasteiger partial charge in [-0.25, -0.2) is 0 Å². The highest BCUT2D eigenvalue weighted by Gasteiger charge is 1.94. The molecule has 0 rings (SSSR count). The highest BCUT2D eigenvalue weighted by atomic mass is 14.0. The van der Waals surface area contributed by atoms with E-state index in [4.69, 9.17) is 0 Å². The second kappa shape index (κ2) is 7.14. The molecule has 0 spiro atoms. The Balaban J connectivity index is 4.90. The molecular weight excluding hydrogens is 168 g/mol. The van der Waals surface area contributed by atoms with E-state index in [-0.39, 0.29) is 0 Å². The summed E-state index contributed by atoms with van der Waals surface area (Å²) in [5.74, 6) is 0. The van der Waals surface area contributed by atoms with Crippen LogP contribution in [0, 0.1) is 0 Å². The van der Waals surface area contributed by atoms with Crippen LogP contribution in [-0.4, -0.2) is 0 Å². The lowest BCUT2D eigenvalue weighted by Crippen LogP contribution is -1.83. The first kappa shape index (κ1) is 12.7. The molecule has 0 bridgehead atoms. The van der Waals surface area contributed by atoms with Crippen molar-refractivity contribution in [1.82, 2.24) is 0 Å². The van der Waals surface area contributed by atoms with Crippen LogP contribution >= 0.6 is 0 Å². The molecule has 0 aliphatic carbocycles. The normalized spacial score (nSPS) is 10.6. The van der Waals surface area contributed by atoms with Gasteiger partial charge in [0.25, 0.3) is 0 Å². The van der Waals surface area contributed by atoms with Gasteiger partial charge < -0.3 is 0 Å². The average molecular weight is 188 g/mol. The third kappa shape index (κ3) is 4.08. The van der Waals surface area contributed by atoms with Gasteiger partial charge in [-0.1, -0.05) is 50.0 Å². The molecule has 0 N–H and O–H groups in total. The summed E-state index contributed by atoms with van der Waals surface area (Å²) in [5, 5.41) is 0. The monoisotopic (exact) mass is 188 g/mol. The Bertz CT molecular complexity index is 264. The van der Waals surface area contributed by atoms with Crippen molar-refractivity contribution < 1.29 is 0 Å². The molecule has 0 aromatic rings. The molecule has 0 saturated carbocycles. The van der Waals surface area contributed by atoms with Crippen LogP contribution in [0.2, 0.25) is 0 Å². The Kier molecular flexibility index (Phi) is 6.47. The first-order valence-electron chi connectivity index (χ1n) is 4.95. The van der Waals surface area contributed by atoms with Crippen molar-refractivity contribution in [3.8, 4) is 0 Å². The van der Waals surface area contributed by atoms with Crippen LogP contribution in [0.25, 0.3) is 0 Å². The molecule has 0 aromatic carbocycles. The van der Waals surface area contributed by atoms with Crippen LogP contribution in [0.4, 0.5) is 0 Å². The largest absolute Gasteiger partial charge is 0.103 e. The number of rotatable bonds is 6. The molecule has 0 heteroatoms. The smallest absolute Gasteiger partial charge is 0.0138 e. The molecule has 0 amide bonds. The maximum Gasteiger partial charge on any atom is -0.0138 e. The standard InChI is InChI=1S/C14H20/c1-6-10-13(7-2)11-12(5)14(8-3)9-4/h6,8-9,11H,1,3-4,7,10H2,2,5H3. The Morgan fingerprint density at radius 3 is 2.07 bits per heavy atom. The third-order valence-electron chi connectivity index (χ3n) is 2.18. The Labute approximate surface area is 88.0 Å². The highest BCUT2D eigenvalue weighted by Crippen LogP contribution is 2.14. The predicted octanol–water partition coefficient (Wildman–Crippen LogP) is 4.59. The minimum absolute atomic E-state index is 0.954. The van der Waals surface area contributed by atoms with Gasteiger partial charge in [0.1, 0.15) is 0 Å². The van der Waals surface area contributed by atoms with Gasteiger partial charge in [0, 0.05) is 0 Å². The molecule has 0 saturated heterocycles. The summed E-state index contributed by atoms with van der Waals surface area (Å²) in [6.07, 6.45) is 9.81. The summed E-state index contributed by atoms with van der Waals surface area (Å²) in [5.41, 5.74) is 3.70. The zero-order chi connectivity index (χ0) is 11.0. The van der Waals surface area contributed by atoms with Crippen molar-refractivity contribution in [3.05, 3.63) is 60.8 Å². The summed E-state index contributed by atoms with van der Waals surface area (Å²) in [4.78, 5) is 0. The van der Waals surface area contributed by atoms with Crippen LogP contribution in [0.15, 0.2) is 60.8 Å². The fraction of sp³-hybridized carbons (Fsp3) is 0.286. The van der Waals surface area contributed by atoms with E-state index in [1.54, 1.807) is 0 Å².